The largest absolute Gasteiger partial charge is 0.268 e. The molecule has 0 aliphatic carbocycles. The van der Waals surface area contributed by atoms with Crippen LogP contribution in [0.3, 0.4) is 0 Å². The first-order valence-corrected chi connectivity index (χ1v) is 18.4. The van der Waals surface area contributed by atoms with Gasteiger partial charge in [-0.05, 0) is 101 Å². The van der Waals surface area contributed by atoms with E-state index in [-0.39, 0.29) is 0 Å². The summed E-state index contributed by atoms with van der Waals surface area (Å²) in [6.45, 7) is 12.5. The zero-order valence-electron chi connectivity index (χ0n) is 30.9. The molecule has 0 atom stereocenters. The fourth-order valence-corrected chi connectivity index (χ4v) is 8.78. The third-order valence-electron chi connectivity index (χ3n) is 11.5. The molecule has 8 aromatic carbocycles. The molecule has 2 heterocycles. The highest BCUT2D eigenvalue weighted by Crippen LogP contribution is 2.46. The van der Waals surface area contributed by atoms with Gasteiger partial charge in [0.2, 0.25) is 0 Å². The van der Waals surface area contributed by atoms with Crippen molar-refractivity contribution >= 4 is 75.4 Å². The lowest BCUT2D eigenvalue weighted by Gasteiger charge is -2.24. The second-order valence-electron chi connectivity index (χ2n) is 16.8. The van der Waals surface area contributed by atoms with E-state index >= 15 is 19.2 Å². The molecule has 10 aromatic rings. The van der Waals surface area contributed by atoms with Crippen molar-refractivity contribution in [1.29, 1.82) is 0 Å². The molecular weight excluding hydrogens is 669 g/mol. The minimum absolute atomic E-state index is 0.325. The highest BCUT2D eigenvalue weighted by atomic mass is 16.2. The average Bonchev–Trinajstić information content (AvgIpc) is 3.57. The SMILES string of the molecule is CC(C)(C)c1cc2c3c(=O)n(-c4cccc5ccccc45)c(=O)c3c3cc(C(C)(C)C)cc4c5c(=O)n(-c6cccc7ccccc67)c(=O)c5c(c1)c2c34. The Morgan fingerprint density at radius 3 is 0.963 bits per heavy atom. The van der Waals surface area contributed by atoms with E-state index in [0.29, 0.717) is 65.2 Å². The maximum atomic E-state index is 15.0. The first-order chi connectivity index (χ1) is 25.8. The zero-order valence-corrected chi connectivity index (χ0v) is 30.9. The molecule has 0 saturated carbocycles. The molecule has 262 valence electrons. The first-order valence-electron chi connectivity index (χ1n) is 18.4. The lowest BCUT2D eigenvalue weighted by atomic mass is 9.79. The third kappa shape index (κ3) is 4.16. The molecule has 0 aliphatic rings. The van der Waals surface area contributed by atoms with Gasteiger partial charge in [0.25, 0.3) is 22.2 Å². The van der Waals surface area contributed by atoms with E-state index < -0.39 is 33.1 Å². The molecule has 0 unspecified atom stereocenters. The molecule has 10 rings (SSSR count). The summed E-state index contributed by atoms with van der Waals surface area (Å²) in [5.74, 6) is 0. The van der Waals surface area contributed by atoms with Gasteiger partial charge in [0, 0.05) is 10.8 Å². The van der Waals surface area contributed by atoms with Gasteiger partial charge in [-0.15, -0.1) is 0 Å². The number of hydrogen-bond acceptors (Lipinski definition) is 4. The summed E-state index contributed by atoms with van der Waals surface area (Å²) in [4.78, 5) is 60.1. The van der Waals surface area contributed by atoms with Crippen molar-refractivity contribution in [1.82, 2.24) is 9.13 Å². The van der Waals surface area contributed by atoms with E-state index in [4.69, 9.17) is 0 Å². The normalized spacial score (nSPS) is 12.9. The molecule has 0 amide bonds. The number of benzene rings is 8. The van der Waals surface area contributed by atoms with Crippen LogP contribution in [0.4, 0.5) is 0 Å². The predicted molar refractivity (Wildman–Crippen MR) is 224 cm³/mol. The van der Waals surface area contributed by atoms with Gasteiger partial charge < -0.3 is 0 Å². The van der Waals surface area contributed by atoms with Gasteiger partial charge in [0.1, 0.15) is 0 Å². The van der Waals surface area contributed by atoms with Crippen molar-refractivity contribution < 1.29 is 0 Å². The minimum atomic E-state index is -0.404. The van der Waals surface area contributed by atoms with Crippen LogP contribution >= 0.6 is 0 Å². The van der Waals surface area contributed by atoms with E-state index in [1.54, 1.807) is 0 Å². The summed E-state index contributed by atoms with van der Waals surface area (Å²) in [5.41, 5.74) is 0.410. The van der Waals surface area contributed by atoms with Crippen molar-refractivity contribution in [2.45, 2.75) is 52.4 Å². The Morgan fingerprint density at radius 2 is 0.648 bits per heavy atom. The molecule has 6 heteroatoms. The van der Waals surface area contributed by atoms with Crippen LogP contribution in [0, 0.1) is 0 Å². The van der Waals surface area contributed by atoms with Crippen molar-refractivity contribution in [2.75, 3.05) is 0 Å². The fourth-order valence-electron chi connectivity index (χ4n) is 8.78. The molecule has 0 N–H and O–H groups in total. The molecule has 0 fully saturated rings. The number of rotatable bonds is 2. The Bertz CT molecular complexity index is 3110. The van der Waals surface area contributed by atoms with Crippen LogP contribution in [0.5, 0.6) is 0 Å². The van der Waals surface area contributed by atoms with Gasteiger partial charge in [-0.2, -0.15) is 0 Å². The lowest BCUT2D eigenvalue weighted by molar-refractivity contribution is 0.591. The smallest absolute Gasteiger partial charge is 0.266 e. The van der Waals surface area contributed by atoms with E-state index in [9.17, 15) is 0 Å². The number of fused-ring (bicyclic) bond motifs is 8. The number of aromatic nitrogens is 2. The molecule has 2 aromatic heterocycles. The number of nitrogens with zero attached hydrogens (tertiary/aromatic N) is 2. The van der Waals surface area contributed by atoms with Gasteiger partial charge in [-0.25, -0.2) is 9.13 Å². The summed E-state index contributed by atoms with van der Waals surface area (Å²) in [6.07, 6.45) is 0. The summed E-state index contributed by atoms with van der Waals surface area (Å²) >= 11 is 0. The Hall–Kier alpha value is -6.40. The highest BCUT2D eigenvalue weighted by Gasteiger charge is 2.31. The lowest BCUT2D eigenvalue weighted by Crippen LogP contribution is -2.23. The summed E-state index contributed by atoms with van der Waals surface area (Å²) in [6, 6.07) is 34.9. The first kappa shape index (κ1) is 32.3. The predicted octanol–water partition coefficient (Wildman–Crippen LogP) is 9.69. The molecule has 0 bridgehead atoms. The molecular formula is C48H36N2O4. The van der Waals surface area contributed by atoms with Crippen molar-refractivity contribution in [3.63, 3.8) is 0 Å². The van der Waals surface area contributed by atoms with Gasteiger partial charge in [0.05, 0.1) is 32.9 Å². The van der Waals surface area contributed by atoms with Crippen LogP contribution in [-0.4, -0.2) is 9.13 Å². The Morgan fingerprint density at radius 1 is 0.352 bits per heavy atom. The Balaban J connectivity index is 1.51. The van der Waals surface area contributed by atoms with Crippen LogP contribution in [0.2, 0.25) is 0 Å². The van der Waals surface area contributed by atoms with Gasteiger partial charge >= 0.3 is 0 Å². The van der Waals surface area contributed by atoms with E-state index in [0.717, 1.165) is 32.7 Å². The van der Waals surface area contributed by atoms with Crippen LogP contribution in [0.1, 0.15) is 52.7 Å². The van der Waals surface area contributed by atoms with Gasteiger partial charge in [-0.1, -0.05) is 114 Å². The molecule has 0 radical (unpaired) electrons. The highest BCUT2D eigenvalue weighted by molar-refractivity contribution is 6.40. The Labute approximate surface area is 309 Å². The molecule has 0 aliphatic heterocycles. The van der Waals surface area contributed by atoms with Crippen molar-refractivity contribution in [2.24, 2.45) is 0 Å². The average molecular weight is 705 g/mol. The minimum Gasteiger partial charge on any atom is -0.268 e. The fraction of sp³-hybridized carbons (Fsp3) is 0.167. The Kier molecular flexibility index (Phi) is 6.34. The second-order valence-corrected chi connectivity index (χ2v) is 16.8. The molecule has 54 heavy (non-hydrogen) atoms. The van der Waals surface area contributed by atoms with Gasteiger partial charge in [0.15, 0.2) is 0 Å². The standard InChI is InChI=1S/C48H36N2O4/c1-47(2,3)27-21-31-37-32(22-27)40-42(46(54)50(44(40)52)36-20-12-16-26-14-8-10-18-30(26)36)34-24-28(48(4,5)6)23-33(38(34)37)41-39(31)43(51)49(45(41)53)35-19-11-15-25-13-7-9-17-29(25)35/h7-24H,1-6H3. The molecule has 0 spiro atoms. The van der Waals surface area contributed by atoms with Crippen molar-refractivity contribution in [3.8, 4) is 11.4 Å². The monoisotopic (exact) mass is 704 g/mol. The van der Waals surface area contributed by atoms with Crippen LogP contribution in [0.15, 0.2) is 128 Å². The summed E-state index contributed by atoms with van der Waals surface area (Å²) < 4.78 is 2.63. The quantitative estimate of drug-likeness (QED) is 0.168. The second kappa shape index (κ2) is 10.6. The maximum Gasteiger partial charge on any atom is 0.266 e. The maximum absolute atomic E-state index is 15.0. The van der Waals surface area contributed by atoms with Crippen LogP contribution < -0.4 is 22.2 Å². The van der Waals surface area contributed by atoms with Gasteiger partial charge in [-0.3, -0.25) is 19.2 Å². The summed E-state index contributed by atoms with van der Waals surface area (Å²) in [5, 5.41) is 8.61. The van der Waals surface area contributed by atoms with Crippen LogP contribution in [-0.2, 0) is 10.8 Å². The van der Waals surface area contributed by atoms with E-state index in [2.05, 4.69) is 41.5 Å². The number of hydrogen-bond donors (Lipinski definition) is 0. The summed E-state index contributed by atoms with van der Waals surface area (Å²) in [7, 11) is 0. The molecule has 6 nitrogen and oxygen atoms in total. The molecule has 0 saturated heterocycles. The third-order valence-corrected chi connectivity index (χ3v) is 11.5. The van der Waals surface area contributed by atoms with E-state index in [1.807, 2.05) is 109 Å². The zero-order chi connectivity index (χ0) is 37.6. The van der Waals surface area contributed by atoms with Crippen LogP contribution in [0.25, 0.3) is 86.8 Å². The van der Waals surface area contributed by atoms with Crippen molar-refractivity contribution in [3.05, 3.63) is 162 Å². The topological polar surface area (TPSA) is 78.1 Å². The van der Waals surface area contributed by atoms with E-state index in [1.165, 1.54) is 9.13 Å².